The molecule has 1 aliphatic heterocycles. The molecule has 7 nitrogen and oxygen atoms in total. The molecule has 2 aromatic carbocycles. The first-order valence-electron chi connectivity index (χ1n) is 10.6. The van der Waals surface area contributed by atoms with Crippen molar-refractivity contribution in [3.05, 3.63) is 87.3 Å². The van der Waals surface area contributed by atoms with Crippen molar-refractivity contribution in [2.24, 2.45) is 0 Å². The van der Waals surface area contributed by atoms with Crippen molar-refractivity contribution < 1.29 is 22.8 Å². The van der Waals surface area contributed by atoms with E-state index in [0.717, 1.165) is 34.9 Å². The highest BCUT2D eigenvalue weighted by Gasteiger charge is 2.30. The molecule has 0 aliphatic carbocycles. The van der Waals surface area contributed by atoms with Crippen LogP contribution in [-0.2, 0) is 17.5 Å². The van der Waals surface area contributed by atoms with Gasteiger partial charge < -0.3 is 10.2 Å². The number of anilines is 1. The third-order valence-electron chi connectivity index (χ3n) is 5.47. The van der Waals surface area contributed by atoms with E-state index in [0.29, 0.717) is 25.2 Å². The minimum atomic E-state index is -4.55. The van der Waals surface area contributed by atoms with Gasteiger partial charge >= 0.3 is 6.18 Å². The van der Waals surface area contributed by atoms with Crippen LogP contribution >= 0.6 is 0 Å². The Kier molecular flexibility index (Phi) is 6.23. The molecule has 3 aromatic rings. The highest BCUT2D eigenvalue weighted by Crippen LogP contribution is 2.30. The van der Waals surface area contributed by atoms with Crippen LogP contribution in [0.15, 0.2) is 59.4 Å². The average Bonchev–Trinajstić information content (AvgIpc) is 3.17. The Bertz CT molecular complexity index is 1320. The van der Waals surface area contributed by atoms with Gasteiger partial charge in [0.1, 0.15) is 0 Å². The molecule has 176 valence electrons. The molecule has 34 heavy (non-hydrogen) atoms. The first-order valence-corrected chi connectivity index (χ1v) is 10.6. The van der Waals surface area contributed by atoms with E-state index in [9.17, 15) is 27.6 Å². The zero-order valence-corrected chi connectivity index (χ0v) is 18.2. The third kappa shape index (κ3) is 5.00. The molecule has 4 rings (SSSR count). The Labute approximate surface area is 192 Å². The van der Waals surface area contributed by atoms with E-state index in [1.54, 1.807) is 23.1 Å². The van der Waals surface area contributed by atoms with E-state index in [4.69, 9.17) is 0 Å². The van der Waals surface area contributed by atoms with Crippen molar-refractivity contribution in [1.82, 2.24) is 14.7 Å². The first-order chi connectivity index (χ1) is 16.1. The minimum Gasteiger partial charge on any atom is -0.338 e. The minimum absolute atomic E-state index is 0.0682. The van der Waals surface area contributed by atoms with Gasteiger partial charge in [0.2, 0.25) is 11.3 Å². The lowest BCUT2D eigenvalue weighted by Crippen LogP contribution is -2.27. The maximum absolute atomic E-state index is 13.1. The summed E-state index contributed by atoms with van der Waals surface area (Å²) in [4.78, 5) is 38.9. The van der Waals surface area contributed by atoms with Gasteiger partial charge in [0.15, 0.2) is 5.69 Å². The molecule has 2 heterocycles. The van der Waals surface area contributed by atoms with Crippen LogP contribution in [0.5, 0.6) is 0 Å². The van der Waals surface area contributed by atoms with Crippen LogP contribution in [0.2, 0.25) is 0 Å². The number of hydrogen-bond donors (Lipinski definition) is 1. The molecule has 0 spiro atoms. The normalized spacial score (nSPS) is 13.9. The Hall–Kier alpha value is -3.95. The molecule has 1 fully saturated rings. The predicted octanol–water partition coefficient (Wildman–Crippen LogP) is 3.93. The van der Waals surface area contributed by atoms with Gasteiger partial charge in [0, 0.05) is 37.0 Å². The fourth-order valence-corrected chi connectivity index (χ4v) is 3.81. The van der Waals surface area contributed by atoms with Gasteiger partial charge in [0.05, 0.1) is 11.3 Å². The van der Waals surface area contributed by atoms with Crippen molar-refractivity contribution in [2.45, 2.75) is 32.5 Å². The molecule has 1 aromatic heterocycles. The number of amides is 2. The topological polar surface area (TPSA) is 84.3 Å². The van der Waals surface area contributed by atoms with Gasteiger partial charge in [-0.15, -0.1) is 0 Å². The number of carbonyl (C=O) groups excluding carboxylic acids is 2. The molecule has 1 saturated heterocycles. The number of benzene rings is 2. The monoisotopic (exact) mass is 470 g/mol. The fourth-order valence-electron chi connectivity index (χ4n) is 3.81. The maximum Gasteiger partial charge on any atom is 0.416 e. The number of nitrogens with zero attached hydrogens (tertiary/aromatic N) is 3. The van der Waals surface area contributed by atoms with E-state index >= 15 is 0 Å². The number of likely N-dealkylation sites (tertiary alicyclic amines) is 1. The van der Waals surface area contributed by atoms with Crippen LogP contribution < -0.4 is 10.7 Å². The molecule has 1 aliphatic rings. The number of carbonyl (C=O) groups is 2. The molecule has 0 atom stereocenters. The zero-order valence-electron chi connectivity index (χ0n) is 18.2. The Balaban J connectivity index is 1.59. The lowest BCUT2D eigenvalue weighted by molar-refractivity contribution is -0.137. The molecular weight excluding hydrogens is 449 g/mol. The van der Waals surface area contributed by atoms with Crippen molar-refractivity contribution in [3.63, 3.8) is 0 Å². The predicted molar refractivity (Wildman–Crippen MR) is 119 cm³/mol. The number of alkyl halides is 3. The summed E-state index contributed by atoms with van der Waals surface area (Å²) in [5.41, 5.74) is -0.422. The second kappa shape index (κ2) is 9.12. The summed E-state index contributed by atoms with van der Waals surface area (Å²) < 4.78 is 40.5. The maximum atomic E-state index is 13.1. The summed E-state index contributed by atoms with van der Waals surface area (Å²) in [6.07, 6.45) is -3.21. The van der Waals surface area contributed by atoms with E-state index in [2.05, 4.69) is 10.4 Å². The largest absolute Gasteiger partial charge is 0.416 e. The van der Waals surface area contributed by atoms with Crippen LogP contribution in [0.25, 0.3) is 5.69 Å². The van der Waals surface area contributed by atoms with Gasteiger partial charge in [-0.05, 0) is 49.2 Å². The average molecular weight is 470 g/mol. The van der Waals surface area contributed by atoms with Crippen molar-refractivity contribution >= 4 is 17.5 Å². The van der Waals surface area contributed by atoms with Gasteiger partial charge in [-0.1, -0.05) is 18.2 Å². The molecule has 1 N–H and O–H groups in total. The van der Waals surface area contributed by atoms with Crippen LogP contribution in [0.3, 0.4) is 0 Å². The summed E-state index contributed by atoms with van der Waals surface area (Å²) in [7, 11) is 0. The number of hydrogen-bond acceptors (Lipinski definition) is 4. The van der Waals surface area contributed by atoms with E-state index < -0.39 is 28.8 Å². The smallest absolute Gasteiger partial charge is 0.338 e. The van der Waals surface area contributed by atoms with Crippen molar-refractivity contribution in [1.29, 1.82) is 0 Å². The van der Waals surface area contributed by atoms with Crippen LogP contribution in [0.1, 0.15) is 40.2 Å². The standard InChI is InChI=1S/C24H21F3N4O3/c1-15-11-20(32)22(29-31(15)19-8-3-6-17(13-19)24(25,26)27)23(34)28-18-7-2-5-16(12-18)14-30-10-4-9-21(30)33/h2-3,5-8,11-13H,4,9-10,14H2,1H3,(H,28,34). The second-order valence-corrected chi connectivity index (χ2v) is 8.03. The number of aryl methyl sites for hydroxylation is 1. The van der Waals surface area contributed by atoms with E-state index in [-0.39, 0.29) is 17.3 Å². The van der Waals surface area contributed by atoms with Gasteiger partial charge in [0.25, 0.3) is 5.91 Å². The first kappa shape index (κ1) is 23.2. The van der Waals surface area contributed by atoms with Gasteiger partial charge in [-0.3, -0.25) is 14.4 Å². The van der Waals surface area contributed by atoms with Crippen molar-refractivity contribution in [2.75, 3.05) is 11.9 Å². The van der Waals surface area contributed by atoms with Crippen LogP contribution in [0, 0.1) is 6.92 Å². The lowest BCUT2D eigenvalue weighted by Gasteiger charge is -2.16. The molecule has 0 unspecified atom stereocenters. The highest BCUT2D eigenvalue weighted by molar-refractivity contribution is 6.02. The quantitative estimate of drug-likeness (QED) is 0.613. The number of aromatic nitrogens is 2. The zero-order chi connectivity index (χ0) is 24.5. The summed E-state index contributed by atoms with van der Waals surface area (Å²) in [6, 6.07) is 12.5. The molecule has 0 bridgehead atoms. The fraction of sp³-hybridized carbons (Fsp3) is 0.250. The Morgan fingerprint density at radius 3 is 2.56 bits per heavy atom. The van der Waals surface area contributed by atoms with Gasteiger partial charge in [-0.2, -0.15) is 18.3 Å². The summed E-state index contributed by atoms with van der Waals surface area (Å²) in [5.74, 6) is -0.714. The molecule has 10 heteroatoms. The number of halogens is 3. The summed E-state index contributed by atoms with van der Waals surface area (Å²) in [6.45, 7) is 2.60. The number of nitrogens with one attached hydrogen (secondary N) is 1. The SMILES string of the molecule is Cc1cc(=O)c(C(=O)Nc2cccc(CN3CCCC3=O)c2)nn1-c1cccc(C(F)(F)F)c1. The van der Waals surface area contributed by atoms with Crippen LogP contribution in [0.4, 0.5) is 18.9 Å². The summed E-state index contributed by atoms with van der Waals surface area (Å²) >= 11 is 0. The number of rotatable bonds is 5. The Morgan fingerprint density at radius 1 is 1.09 bits per heavy atom. The molecule has 0 radical (unpaired) electrons. The molecule has 2 amide bonds. The highest BCUT2D eigenvalue weighted by atomic mass is 19.4. The molecular formula is C24H21F3N4O3. The van der Waals surface area contributed by atoms with Crippen LogP contribution in [-0.4, -0.2) is 33.0 Å². The second-order valence-electron chi connectivity index (χ2n) is 8.03. The summed E-state index contributed by atoms with van der Waals surface area (Å²) in [5, 5.41) is 6.66. The molecule has 0 saturated carbocycles. The van der Waals surface area contributed by atoms with Crippen molar-refractivity contribution in [3.8, 4) is 5.69 Å². The third-order valence-corrected chi connectivity index (χ3v) is 5.47. The van der Waals surface area contributed by atoms with E-state index in [1.807, 2.05) is 6.07 Å². The lowest BCUT2D eigenvalue weighted by atomic mass is 10.2. The Morgan fingerprint density at radius 2 is 1.85 bits per heavy atom. The van der Waals surface area contributed by atoms with Gasteiger partial charge in [-0.25, -0.2) is 4.68 Å². The van der Waals surface area contributed by atoms with E-state index in [1.165, 1.54) is 19.1 Å².